The van der Waals surface area contributed by atoms with Gasteiger partial charge in [-0.25, -0.2) is 14.0 Å². The number of ether oxygens (including phenoxy) is 5. The lowest BCUT2D eigenvalue weighted by Crippen LogP contribution is -2.34. The highest BCUT2D eigenvalue weighted by molar-refractivity contribution is 5.96. The summed E-state index contributed by atoms with van der Waals surface area (Å²) in [5.74, 6) is -3.87. The van der Waals surface area contributed by atoms with E-state index in [1.54, 1.807) is 19.1 Å². The van der Waals surface area contributed by atoms with Gasteiger partial charge in [0.05, 0.1) is 18.1 Å². The summed E-state index contributed by atoms with van der Waals surface area (Å²) in [7, 11) is 0. The van der Waals surface area contributed by atoms with E-state index in [1.807, 2.05) is 0 Å². The minimum Gasteiger partial charge on any atom is -0.545 e. The van der Waals surface area contributed by atoms with Crippen molar-refractivity contribution in [1.82, 2.24) is 0 Å². The van der Waals surface area contributed by atoms with Crippen molar-refractivity contribution in [2.24, 2.45) is 0 Å². The zero-order chi connectivity index (χ0) is 35.8. The van der Waals surface area contributed by atoms with Crippen LogP contribution in [-0.2, 0) is 9.47 Å². The van der Waals surface area contributed by atoms with E-state index < -0.39 is 53.7 Å². The third kappa shape index (κ3) is 12.7. The van der Waals surface area contributed by atoms with Crippen molar-refractivity contribution in [3.8, 4) is 28.4 Å². The number of esters is 1. The van der Waals surface area contributed by atoms with Crippen molar-refractivity contribution < 1.29 is 60.7 Å². The molecule has 3 aromatic rings. The van der Waals surface area contributed by atoms with Crippen LogP contribution in [-0.4, -0.2) is 50.2 Å². The van der Waals surface area contributed by atoms with Crippen LogP contribution in [0.3, 0.4) is 0 Å². The summed E-state index contributed by atoms with van der Waals surface area (Å²) in [4.78, 5) is 36.9. The van der Waals surface area contributed by atoms with Crippen LogP contribution in [0.2, 0.25) is 0 Å². The van der Waals surface area contributed by atoms with Crippen LogP contribution >= 0.6 is 0 Å². The van der Waals surface area contributed by atoms with Crippen LogP contribution in [0.15, 0.2) is 60.7 Å². The molecule has 0 aromatic heterocycles. The molecule has 0 amide bonds. The molecule has 0 heterocycles. The molecule has 0 saturated carbocycles. The SMILES string of the molecule is CCCCCCOc1ccc(OC(=O)Oc2ccc(C(=O)[O-])c(-c3ccc(C(=O)O[C@H](CCCCCOCC)C(F)(F)F)c(F)c3)c2)cc1. The third-order valence-electron chi connectivity index (χ3n) is 7.28. The summed E-state index contributed by atoms with van der Waals surface area (Å²) in [6.45, 7) is 5.35. The second-order valence-electron chi connectivity index (χ2n) is 11.0. The molecule has 0 aliphatic rings. The molecule has 0 N–H and O–H groups in total. The average Bonchev–Trinajstić information content (AvgIpc) is 3.05. The van der Waals surface area contributed by atoms with Crippen molar-refractivity contribution in [2.75, 3.05) is 19.8 Å². The van der Waals surface area contributed by atoms with Crippen molar-refractivity contribution >= 4 is 18.1 Å². The Balaban J connectivity index is 1.68. The molecule has 9 nitrogen and oxygen atoms in total. The molecule has 0 radical (unpaired) electrons. The van der Waals surface area contributed by atoms with E-state index in [4.69, 9.17) is 18.9 Å². The lowest BCUT2D eigenvalue weighted by atomic mass is 9.98. The Morgan fingerprint density at radius 1 is 0.755 bits per heavy atom. The molecule has 0 fully saturated rings. The Kier molecular flexibility index (Phi) is 15.3. The van der Waals surface area contributed by atoms with Gasteiger partial charge in [0.1, 0.15) is 23.1 Å². The van der Waals surface area contributed by atoms with E-state index in [1.165, 1.54) is 12.1 Å². The van der Waals surface area contributed by atoms with E-state index >= 15 is 4.39 Å². The quantitative estimate of drug-likeness (QED) is 0.0532. The molecule has 0 saturated heterocycles. The van der Waals surface area contributed by atoms with Crippen molar-refractivity contribution in [2.45, 2.75) is 77.5 Å². The molecule has 0 unspecified atom stereocenters. The number of carbonyl (C=O) groups excluding carboxylic acids is 3. The monoisotopic (exact) mass is 691 g/mol. The van der Waals surface area contributed by atoms with E-state index in [0.29, 0.717) is 38.4 Å². The Hall–Kier alpha value is -4.65. The number of hydrogen-bond donors (Lipinski definition) is 0. The van der Waals surface area contributed by atoms with Crippen LogP contribution in [0.4, 0.5) is 22.4 Å². The number of unbranched alkanes of at least 4 members (excludes halogenated alkanes) is 5. The first-order chi connectivity index (χ1) is 23.4. The number of halogens is 4. The maximum absolute atomic E-state index is 15.1. The molecule has 0 aliphatic carbocycles. The number of aromatic carboxylic acids is 1. The van der Waals surface area contributed by atoms with E-state index in [2.05, 4.69) is 11.7 Å². The maximum Gasteiger partial charge on any atom is 0.519 e. The number of rotatable bonds is 19. The minimum atomic E-state index is -4.87. The Morgan fingerprint density at radius 2 is 1.39 bits per heavy atom. The van der Waals surface area contributed by atoms with Gasteiger partial charge >= 0.3 is 18.3 Å². The van der Waals surface area contributed by atoms with Crippen molar-refractivity contribution in [3.05, 3.63) is 77.6 Å². The van der Waals surface area contributed by atoms with Gasteiger partial charge in [0.15, 0.2) is 6.10 Å². The predicted molar refractivity (Wildman–Crippen MR) is 169 cm³/mol. The minimum absolute atomic E-state index is 0.0981. The van der Waals surface area contributed by atoms with E-state index in [-0.39, 0.29) is 29.0 Å². The molecule has 49 heavy (non-hydrogen) atoms. The number of alkyl halides is 3. The first-order valence-corrected chi connectivity index (χ1v) is 16.1. The molecule has 3 aromatic carbocycles. The first kappa shape index (κ1) is 38.8. The first-order valence-electron chi connectivity index (χ1n) is 16.1. The molecular formula is C36H39F4O9-. The highest BCUT2D eigenvalue weighted by Crippen LogP contribution is 2.32. The number of carboxylic acids is 1. The lowest BCUT2D eigenvalue weighted by molar-refractivity contribution is -0.254. The Labute approximate surface area is 282 Å². The van der Waals surface area contributed by atoms with Gasteiger partial charge < -0.3 is 33.6 Å². The third-order valence-corrected chi connectivity index (χ3v) is 7.28. The zero-order valence-electron chi connectivity index (χ0n) is 27.3. The van der Waals surface area contributed by atoms with Crippen LogP contribution < -0.4 is 19.3 Å². The van der Waals surface area contributed by atoms with Gasteiger partial charge in [0.2, 0.25) is 0 Å². The van der Waals surface area contributed by atoms with Crippen LogP contribution in [0, 0.1) is 5.82 Å². The second-order valence-corrected chi connectivity index (χ2v) is 11.0. The molecule has 0 aliphatic heterocycles. The Morgan fingerprint density at radius 3 is 2.04 bits per heavy atom. The van der Waals surface area contributed by atoms with Gasteiger partial charge in [0, 0.05) is 18.8 Å². The summed E-state index contributed by atoms with van der Waals surface area (Å²) in [6, 6.07) is 12.3. The number of carbonyl (C=O) groups is 3. The van der Waals surface area contributed by atoms with Gasteiger partial charge in [-0.15, -0.1) is 0 Å². The number of benzene rings is 3. The topological polar surface area (TPSA) is 120 Å². The maximum atomic E-state index is 15.1. The fourth-order valence-electron chi connectivity index (χ4n) is 4.72. The van der Waals surface area contributed by atoms with Crippen LogP contribution in [0.1, 0.15) is 85.9 Å². The van der Waals surface area contributed by atoms with Gasteiger partial charge in [-0.3, -0.25) is 0 Å². The summed E-state index contributed by atoms with van der Waals surface area (Å²) in [6.07, 6.45) is -3.72. The highest BCUT2D eigenvalue weighted by Gasteiger charge is 2.42. The molecule has 3 rings (SSSR count). The standard InChI is InChI=1S/C36H40F4O9/c1-3-5-6-10-21-46-25-13-15-26(16-14-25)47-35(44)48-27-17-19-28(33(41)42)30(23-27)24-12-18-29(31(37)22-24)34(43)49-32(36(38,39)40)11-8-7-9-20-45-4-2/h12-19,22-23,32H,3-11,20-21H2,1-2H3,(H,41,42)/p-1/t32-/m1/s1. The number of hydrogen-bond acceptors (Lipinski definition) is 9. The van der Waals surface area contributed by atoms with Crippen LogP contribution in [0.5, 0.6) is 17.2 Å². The van der Waals surface area contributed by atoms with Crippen molar-refractivity contribution in [3.63, 3.8) is 0 Å². The van der Waals surface area contributed by atoms with Crippen LogP contribution in [0.25, 0.3) is 11.1 Å². The predicted octanol–water partition coefficient (Wildman–Crippen LogP) is 8.08. The molecular weight excluding hydrogens is 652 g/mol. The fourth-order valence-corrected chi connectivity index (χ4v) is 4.72. The largest absolute Gasteiger partial charge is 0.545 e. The summed E-state index contributed by atoms with van der Waals surface area (Å²) >= 11 is 0. The second kappa shape index (κ2) is 19.4. The van der Waals surface area contributed by atoms with Gasteiger partial charge in [-0.2, -0.15) is 13.2 Å². The summed E-state index contributed by atoms with van der Waals surface area (Å²) in [5, 5.41) is 11.8. The summed E-state index contributed by atoms with van der Waals surface area (Å²) in [5.41, 5.74) is -1.46. The zero-order valence-corrected chi connectivity index (χ0v) is 27.3. The molecule has 0 spiro atoms. The van der Waals surface area contributed by atoms with Gasteiger partial charge in [0.25, 0.3) is 0 Å². The Bertz CT molecular complexity index is 1520. The average molecular weight is 692 g/mol. The normalized spacial score (nSPS) is 11.9. The summed E-state index contributed by atoms with van der Waals surface area (Å²) < 4.78 is 81.6. The van der Waals surface area contributed by atoms with E-state index in [0.717, 1.165) is 62.1 Å². The van der Waals surface area contributed by atoms with Crippen molar-refractivity contribution in [1.29, 1.82) is 0 Å². The molecule has 0 bridgehead atoms. The smallest absolute Gasteiger partial charge is 0.519 e. The highest BCUT2D eigenvalue weighted by atomic mass is 19.4. The molecule has 13 heteroatoms. The fraction of sp³-hybridized carbons (Fsp3) is 0.417. The van der Waals surface area contributed by atoms with Gasteiger partial charge in [-0.1, -0.05) is 38.7 Å². The number of carboxylic acid groups (broad SMARTS) is 1. The molecule has 1 atom stereocenters. The molecule has 266 valence electrons. The van der Waals surface area contributed by atoms with Gasteiger partial charge in [-0.05, 0) is 98.3 Å². The lowest BCUT2D eigenvalue weighted by Gasteiger charge is -2.21. The van der Waals surface area contributed by atoms with E-state index in [9.17, 15) is 32.7 Å².